The number of methoxy groups -OCH3 is 2. The SMILES string of the molecule is COc1cc(/C=N/Nc2nc(-c3ccc(Br)cc3)cs2)c(Br)c(Br)c1OC. The molecule has 1 aromatic heterocycles. The van der Waals surface area contributed by atoms with Gasteiger partial charge in [-0.3, -0.25) is 5.43 Å². The summed E-state index contributed by atoms with van der Waals surface area (Å²) < 4.78 is 13.3. The monoisotopic (exact) mass is 573 g/mol. The molecule has 0 fully saturated rings. The lowest BCUT2D eigenvalue weighted by molar-refractivity contribution is 0.353. The zero-order chi connectivity index (χ0) is 19.4. The molecule has 140 valence electrons. The molecule has 0 unspecified atom stereocenters. The molecule has 0 saturated carbocycles. The number of nitrogens with one attached hydrogen (secondary N) is 1. The second kappa shape index (κ2) is 9.18. The number of nitrogens with zero attached hydrogens (tertiary/aromatic N) is 2. The van der Waals surface area contributed by atoms with Gasteiger partial charge in [0.1, 0.15) is 0 Å². The third-order valence-corrected chi connectivity index (χ3v) is 7.01. The summed E-state index contributed by atoms with van der Waals surface area (Å²) in [5.74, 6) is 1.23. The summed E-state index contributed by atoms with van der Waals surface area (Å²) in [6.07, 6.45) is 1.69. The van der Waals surface area contributed by atoms with E-state index in [1.807, 2.05) is 35.7 Å². The largest absolute Gasteiger partial charge is 0.493 e. The lowest BCUT2D eigenvalue weighted by Crippen LogP contribution is -1.97. The normalized spacial score (nSPS) is 11.0. The van der Waals surface area contributed by atoms with Gasteiger partial charge in [-0.1, -0.05) is 28.1 Å². The first kappa shape index (κ1) is 20.3. The first-order valence-corrected chi connectivity index (χ1v) is 10.9. The lowest BCUT2D eigenvalue weighted by Gasteiger charge is -2.12. The first-order chi connectivity index (χ1) is 13.0. The van der Waals surface area contributed by atoms with Crippen LogP contribution in [-0.4, -0.2) is 25.4 Å². The maximum atomic E-state index is 5.37. The molecule has 1 heterocycles. The molecule has 0 aliphatic carbocycles. The van der Waals surface area contributed by atoms with Crippen molar-refractivity contribution in [2.75, 3.05) is 19.6 Å². The Bertz CT molecular complexity index is 975. The number of halogens is 3. The molecule has 5 nitrogen and oxygen atoms in total. The molecule has 0 atom stereocenters. The van der Waals surface area contributed by atoms with E-state index in [0.29, 0.717) is 16.6 Å². The molecule has 3 aromatic rings. The highest BCUT2D eigenvalue weighted by atomic mass is 79.9. The zero-order valence-corrected chi connectivity index (χ0v) is 19.9. The Hall–Kier alpha value is -1.42. The maximum Gasteiger partial charge on any atom is 0.203 e. The van der Waals surface area contributed by atoms with Crippen LogP contribution in [0.3, 0.4) is 0 Å². The highest BCUT2D eigenvalue weighted by Crippen LogP contribution is 2.42. The second-order valence-corrected chi connectivity index (χ2v) is 8.60. The van der Waals surface area contributed by atoms with Gasteiger partial charge in [-0.15, -0.1) is 11.3 Å². The van der Waals surface area contributed by atoms with Gasteiger partial charge >= 0.3 is 0 Å². The lowest BCUT2D eigenvalue weighted by atomic mass is 10.2. The van der Waals surface area contributed by atoms with Crippen molar-refractivity contribution in [2.45, 2.75) is 0 Å². The van der Waals surface area contributed by atoms with Crippen LogP contribution in [0.2, 0.25) is 0 Å². The molecular weight excluding hydrogens is 562 g/mol. The van der Waals surface area contributed by atoms with E-state index in [4.69, 9.17) is 9.47 Å². The van der Waals surface area contributed by atoms with Crippen molar-refractivity contribution in [3.8, 4) is 22.8 Å². The van der Waals surface area contributed by atoms with Gasteiger partial charge in [0.05, 0.1) is 30.6 Å². The summed E-state index contributed by atoms with van der Waals surface area (Å²) in [5.41, 5.74) is 5.75. The number of ether oxygens (including phenoxy) is 2. The highest BCUT2D eigenvalue weighted by molar-refractivity contribution is 9.13. The predicted molar refractivity (Wildman–Crippen MR) is 121 cm³/mol. The zero-order valence-electron chi connectivity index (χ0n) is 14.3. The standard InChI is InChI=1S/C18H14Br3N3O2S/c1-25-14-7-11(15(20)16(21)17(14)26-2)8-22-24-18-23-13(9-27-18)10-3-5-12(19)6-4-10/h3-9H,1-2H3,(H,23,24)/b22-8+. The Labute approximate surface area is 186 Å². The van der Waals surface area contributed by atoms with Gasteiger partial charge < -0.3 is 9.47 Å². The fraction of sp³-hybridized carbons (Fsp3) is 0.111. The van der Waals surface area contributed by atoms with E-state index >= 15 is 0 Å². The molecule has 0 aliphatic heterocycles. The third-order valence-electron chi connectivity index (χ3n) is 3.59. The average molecular weight is 576 g/mol. The molecule has 3 rings (SSSR count). The van der Waals surface area contributed by atoms with Crippen molar-refractivity contribution in [3.05, 3.63) is 54.7 Å². The molecule has 0 saturated heterocycles. The van der Waals surface area contributed by atoms with Crippen molar-refractivity contribution >= 4 is 70.5 Å². The van der Waals surface area contributed by atoms with Crippen LogP contribution in [0.1, 0.15) is 5.56 Å². The van der Waals surface area contributed by atoms with Crippen LogP contribution >= 0.6 is 59.1 Å². The van der Waals surface area contributed by atoms with Crippen molar-refractivity contribution in [1.29, 1.82) is 0 Å². The summed E-state index contributed by atoms with van der Waals surface area (Å²) in [5, 5.41) is 6.98. The first-order valence-electron chi connectivity index (χ1n) is 7.64. The molecular formula is C18H14Br3N3O2S. The van der Waals surface area contributed by atoms with Crippen LogP contribution in [0, 0.1) is 0 Å². The number of thiazole rings is 1. The van der Waals surface area contributed by atoms with Gasteiger partial charge in [0, 0.05) is 25.5 Å². The summed E-state index contributed by atoms with van der Waals surface area (Å²) in [6, 6.07) is 9.86. The molecule has 0 radical (unpaired) electrons. The number of benzene rings is 2. The van der Waals surface area contributed by atoms with Crippen molar-refractivity contribution in [2.24, 2.45) is 5.10 Å². The van der Waals surface area contributed by atoms with Crippen LogP contribution < -0.4 is 14.9 Å². The van der Waals surface area contributed by atoms with Gasteiger partial charge in [0.25, 0.3) is 0 Å². The summed E-state index contributed by atoms with van der Waals surface area (Å²) in [4.78, 5) is 4.56. The van der Waals surface area contributed by atoms with Gasteiger partial charge in [0.15, 0.2) is 11.5 Å². The van der Waals surface area contributed by atoms with E-state index in [1.54, 1.807) is 20.4 Å². The van der Waals surface area contributed by atoms with Crippen LogP contribution in [0.15, 0.2) is 54.2 Å². The molecule has 0 aliphatic rings. The Balaban J connectivity index is 1.76. The molecule has 0 spiro atoms. The summed E-state index contributed by atoms with van der Waals surface area (Å²) in [7, 11) is 3.19. The Kier molecular flexibility index (Phi) is 6.91. The van der Waals surface area contributed by atoms with Crippen LogP contribution in [0.25, 0.3) is 11.3 Å². The number of anilines is 1. The van der Waals surface area contributed by atoms with Gasteiger partial charge in [0.2, 0.25) is 5.13 Å². The van der Waals surface area contributed by atoms with E-state index in [1.165, 1.54) is 11.3 Å². The van der Waals surface area contributed by atoms with E-state index in [2.05, 4.69) is 63.3 Å². The van der Waals surface area contributed by atoms with E-state index in [-0.39, 0.29) is 0 Å². The minimum Gasteiger partial charge on any atom is -0.493 e. The molecule has 1 N–H and O–H groups in total. The quantitative estimate of drug-likeness (QED) is 0.267. The van der Waals surface area contributed by atoms with Crippen molar-refractivity contribution in [3.63, 3.8) is 0 Å². The molecule has 9 heteroatoms. The summed E-state index contributed by atoms with van der Waals surface area (Å²) in [6.45, 7) is 0. The number of hydrogen-bond donors (Lipinski definition) is 1. The molecule has 27 heavy (non-hydrogen) atoms. The Morgan fingerprint density at radius 2 is 1.81 bits per heavy atom. The number of hydrogen-bond acceptors (Lipinski definition) is 6. The van der Waals surface area contributed by atoms with Gasteiger partial charge in [-0.25, -0.2) is 4.98 Å². The average Bonchev–Trinajstić information content (AvgIpc) is 3.14. The van der Waals surface area contributed by atoms with E-state index in [9.17, 15) is 0 Å². The van der Waals surface area contributed by atoms with Crippen LogP contribution in [0.5, 0.6) is 11.5 Å². The maximum absolute atomic E-state index is 5.37. The van der Waals surface area contributed by atoms with Gasteiger partial charge in [-0.2, -0.15) is 5.10 Å². The topological polar surface area (TPSA) is 55.7 Å². The number of aromatic nitrogens is 1. The predicted octanol–water partition coefficient (Wildman–Crippen LogP) is 6.56. The Morgan fingerprint density at radius 1 is 1.07 bits per heavy atom. The van der Waals surface area contributed by atoms with Crippen molar-refractivity contribution < 1.29 is 9.47 Å². The summed E-state index contributed by atoms with van der Waals surface area (Å²) >= 11 is 12.0. The minimum absolute atomic E-state index is 0.612. The number of rotatable bonds is 6. The fourth-order valence-electron chi connectivity index (χ4n) is 2.28. The van der Waals surface area contributed by atoms with E-state index in [0.717, 1.165) is 30.2 Å². The second-order valence-electron chi connectivity index (χ2n) is 5.24. The fourth-order valence-corrected chi connectivity index (χ4v) is 4.19. The number of hydrazone groups is 1. The van der Waals surface area contributed by atoms with Crippen LogP contribution in [0.4, 0.5) is 5.13 Å². The van der Waals surface area contributed by atoms with Crippen LogP contribution in [-0.2, 0) is 0 Å². The molecule has 0 amide bonds. The van der Waals surface area contributed by atoms with Gasteiger partial charge in [-0.05, 0) is 50.1 Å². The molecule has 0 bridgehead atoms. The smallest absolute Gasteiger partial charge is 0.203 e. The van der Waals surface area contributed by atoms with Crippen molar-refractivity contribution in [1.82, 2.24) is 4.98 Å². The highest BCUT2D eigenvalue weighted by Gasteiger charge is 2.15. The third kappa shape index (κ3) is 4.71. The Morgan fingerprint density at radius 3 is 2.48 bits per heavy atom. The van der Waals surface area contributed by atoms with E-state index < -0.39 is 0 Å². The minimum atomic E-state index is 0.612. The molecule has 2 aromatic carbocycles.